The average molecular weight is 238 g/mol. The van der Waals surface area contributed by atoms with Crippen molar-refractivity contribution in [3.8, 4) is 0 Å². The molecule has 0 bridgehead atoms. The molecule has 2 rings (SSSR count). The monoisotopic (exact) mass is 238 g/mol. The molecule has 0 aromatic heterocycles. The molecule has 100 valence electrons. The van der Waals surface area contributed by atoms with Gasteiger partial charge in [0.15, 0.2) is 0 Å². The van der Waals surface area contributed by atoms with Gasteiger partial charge in [-0.3, -0.25) is 0 Å². The van der Waals surface area contributed by atoms with Crippen LogP contribution in [0.25, 0.3) is 0 Å². The molecule has 0 aromatic rings. The molecule has 0 aromatic carbocycles. The lowest BCUT2D eigenvalue weighted by Gasteiger charge is -2.37. The molecule has 1 saturated carbocycles. The molecule has 2 aliphatic rings. The van der Waals surface area contributed by atoms with Crippen LogP contribution in [0.5, 0.6) is 0 Å². The summed E-state index contributed by atoms with van der Waals surface area (Å²) in [5, 5.41) is 0. The van der Waals surface area contributed by atoms with Crippen LogP contribution in [0.3, 0.4) is 0 Å². The van der Waals surface area contributed by atoms with Gasteiger partial charge < -0.3 is 4.74 Å². The van der Waals surface area contributed by atoms with Gasteiger partial charge in [0.05, 0.1) is 6.10 Å². The zero-order chi connectivity index (χ0) is 12.1. The Balaban J connectivity index is 1.70. The standard InChI is InChI=1S/C16H30O/c1-3-5-14-6-9-15(10-7-14)16-11-8-13(4-2)12-17-16/h13-16H,3-12H2,1-2H3. The fourth-order valence-corrected chi connectivity index (χ4v) is 3.78. The third kappa shape index (κ3) is 3.71. The van der Waals surface area contributed by atoms with E-state index in [1.54, 1.807) is 0 Å². The molecule has 2 unspecified atom stereocenters. The molecule has 0 radical (unpaired) electrons. The van der Waals surface area contributed by atoms with E-state index >= 15 is 0 Å². The molecule has 0 N–H and O–H groups in total. The highest BCUT2D eigenvalue weighted by molar-refractivity contribution is 4.81. The van der Waals surface area contributed by atoms with Crippen molar-refractivity contribution in [2.75, 3.05) is 6.61 Å². The lowest BCUT2D eigenvalue weighted by atomic mass is 9.76. The molecule has 2 atom stereocenters. The summed E-state index contributed by atoms with van der Waals surface area (Å²) in [4.78, 5) is 0. The SMILES string of the molecule is CCCC1CCC(C2CCC(CC)CO2)CC1. The summed E-state index contributed by atoms with van der Waals surface area (Å²) in [6, 6.07) is 0. The lowest BCUT2D eigenvalue weighted by molar-refractivity contribution is -0.0586. The van der Waals surface area contributed by atoms with Crippen LogP contribution in [-0.2, 0) is 4.74 Å². The highest BCUT2D eigenvalue weighted by Crippen LogP contribution is 2.37. The van der Waals surface area contributed by atoms with Gasteiger partial charge in [-0.25, -0.2) is 0 Å². The number of rotatable bonds is 4. The van der Waals surface area contributed by atoms with E-state index in [1.807, 2.05) is 0 Å². The Bertz CT molecular complexity index is 198. The van der Waals surface area contributed by atoms with Crippen LogP contribution in [0.15, 0.2) is 0 Å². The molecule has 0 spiro atoms. The van der Waals surface area contributed by atoms with Crippen molar-refractivity contribution >= 4 is 0 Å². The predicted octanol–water partition coefficient (Wildman–Crippen LogP) is 4.80. The van der Waals surface area contributed by atoms with Crippen LogP contribution in [0, 0.1) is 17.8 Å². The minimum Gasteiger partial charge on any atom is -0.378 e. The minimum atomic E-state index is 0.611. The summed E-state index contributed by atoms with van der Waals surface area (Å²) >= 11 is 0. The maximum absolute atomic E-state index is 6.12. The first kappa shape index (κ1) is 13.4. The largest absolute Gasteiger partial charge is 0.378 e. The molecule has 1 aliphatic carbocycles. The van der Waals surface area contributed by atoms with Crippen LogP contribution in [0.2, 0.25) is 0 Å². The number of ether oxygens (including phenoxy) is 1. The smallest absolute Gasteiger partial charge is 0.0603 e. The van der Waals surface area contributed by atoms with Gasteiger partial charge >= 0.3 is 0 Å². The van der Waals surface area contributed by atoms with E-state index in [9.17, 15) is 0 Å². The topological polar surface area (TPSA) is 9.23 Å². The van der Waals surface area contributed by atoms with Crippen molar-refractivity contribution in [1.82, 2.24) is 0 Å². The Hall–Kier alpha value is -0.0400. The van der Waals surface area contributed by atoms with E-state index in [0.29, 0.717) is 6.10 Å². The van der Waals surface area contributed by atoms with Gasteiger partial charge in [-0.1, -0.05) is 46.0 Å². The summed E-state index contributed by atoms with van der Waals surface area (Å²) < 4.78 is 6.12. The fraction of sp³-hybridized carbons (Fsp3) is 1.00. The van der Waals surface area contributed by atoms with Crippen molar-refractivity contribution in [1.29, 1.82) is 0 Å². The van der Waals surface area contributed by atoms with E-state index in [0.717, 1.165) is 24.4 Å². The van der Waals surface area contributed by atoms with E-state index in [-0.39, 0.29) is 0 Å². The minimum absolute atomic E-state index is 0.611. The summed E-state index contributed by atoms with van der Waals surface area (Å²) in [5.74, 6) is 2.77. The molecule has 0 amide bonds. The maximum Gasteiger partial charge on any atom is 0.0603 e. The van der Waals surface area contributed by atoms with Crippen molar-refractivity contribution in [2.45, 2.75) is 77.7 Å². The van der Waals surface area contributed by atoms with Gasteiger partial charge in [-0.05, 0) is 43.4 Å². The first-order valence-corrected chi connectivity index (χ1v) is 7.95. The van der Waals surface area contributed by atoms with Crippen LogP contribution >= 0.6 is 0 Å². The molecular formula is C16H30O. The highest BCUT2D eigenvalue weighted by atomic mass is 16.5. The van der Waals surface area contributed by atoms with E-state index in [1.165, 1.54) is 57.8 Å². The first-order chi connectivity index (χ1) is 8.33. The van der Waals surface area contributed by atoms with Crippen LogP contribution in [-0.4, -0.2) is 12.7 Å². The molecule has 2 fully saturated rings. The van der Waals surface area contributed by atoms with Crippen LogP contribution in [0.4, 0.5) is 0 Å². The Morgan fingerprint density at radius 1 is 0.882 bits per heavy atom. The average Bonchev–Trinajstić information content (AvgIpc) is 2.40. The second kappa shape index (κ2) is 6.78. The molecule has 1 aliphatic heterocycles. The quantitative estimate of drug-likeness (QED) is 0.683. The van der Waals surface area contributed by atoms with Gasteiger partial charge in [-0.15, -0.1) is 0 Å². The third-order valence-electron chi connectivity index (χ3n) is 5.10. The van der Waals surface area contributed by atoms with Crippen LogP contribution in [0.1, 0.15) is 71.6 Å². The van der Waals surface area contributed by atoms with E-state index < -0.39 is 0 Å². The predicted molar refractivity (Wildman–Crippen MR) is 73.1 cm³/mol. The maximum atomic E-state index is 6.12. The van der Waals surface area contributed by atoms with E-state index in [2.05, 4.69) is 13.8 Å². The van der Waals surface area contributed by atoms with Crippen molar-refractivity contribution in [3.05, 3.63) is 0 Å². The molecule has 1 heteroatoms. The number of hydrogen-bond acceptors (Lipinski definition) is 1. The zero-order valence-electron chi connectivity index (χ0n) is 11.8. The molecular weight excluding hydrogens is 208 g/mol. The summed E-state index contributed by atoms with van der Waals surface area (Å²) in [6.07, 6.45) is 13.3. The zero-order valence-corrected chi connectivity index (χ0v) is 11.8. The second-order valence-corrected chi connectivity index (χ2v) is 6.29. The van der Waals surface area contributed by atoms with E-state index in [4.69, 9.17) is 4.74 Å². The normalized spacial score (nSPS) is 39.2. The van der Waals surface area contributed by atoms with Crippen molar-refractivity contribution in [3.63, 3.8) is 0 Å². The highest BCUT2D eigenvalue weighted by Gasteiger charge is 2.30. The number of hydrogen-bond donors (Lipinski definition) is 0. The lowest BCUT2D eigenvalue weighted by Crippen LogP contribution is -2.34. The summed E-state index contributed by atoms with van der Waals surface area (Å²) in [6.45, 7) is 5.65. The Labute approximate surface area is 107 Å². The Morgan fingerprint density at radius 2 is 1.59 bits per heavy atom. The first-order valence-electron chi connectivity index (χ1n) is 7.95. The van der Waals surface area contributed by atoms with Crippen molar-refractivity contribution in [2.24, 2.45) is 17.8 Å². The van der Waals surface area contributed by atoms with Gasteiger partial charge in [-0.2, -0.15) is 0 Å². The molecule has 1 heterocycles. The van der Waals surface area contributed by atoms with Crippen molar-refractivity contribution < 1.29 is 4.74 Å². The molecule has 17 heavy (non-hydrogen) atoms. The molecule has 1 saturated heterocycles. The molecule has 1 nitrogen and oxygen atoms in total. The summed E-state index contributed by atoms with van der Waals surface area (Å²) in [7, 11) is 0. The fourth-order valence-electron chi connectivity index (χ4n) is 3.78. The summed E-state index contributed by atoms with van der Waals surface area (Å²) in [5.41, 5.74) is 0. The van der Waals surface area contributed by atoms with Gasteiger partial charge in [0.1, 0.15) is 0 Å². The van der Waals surface area contributed by atoms with Crippen LogP contribution < -0.4 is 0 Å². The second-order valence-electron chi connectivity index (χ2n) is 6.29. The Kier molecular flexibility index (Phi) is 5.34. The Morgan fingerprint density at radius 3 is 2.12 bits per heavy atom. The third-order valence-corrected chi connectivity index (χ3v) is 5.10. The van der Waals surface area contributed by atoms with Gasteiger partial charge in [0, 0.05) is 6.61 Å². The van der Waals surface area contributed by atoms with Gasteiger partial charge in [0.25, 0.3) is 0 Å². The van der Waals surface area contributed by atoms with Gasteiger partial charge in [0.2, 0.25) is 0 Å².